The normalized spacial score (nSPS) is 10.1. The molecule has 0 atom stereocenters. The summed E-state index contributed by atoms with van der Waals surface area (Å²) in [6.45, 7) is 1.80. The van der Waals surface area contributed by atoms with Crippen LogP contribution in [0.1, 0.15) is 11.5 Å². The number of amides is 1. The van der Waals surface area contributed by atoms with Crippen LogP contribution in [-0.4, -0.2) is 11.1 Å². The van der Waals surface area contributed by atoms with Gasteiger partial charge in [-0.05, 0) is 19.1 Å². The summed E-state index contributed by atoms with van der Waals surface area (Å²) in [7, 11) is 0. The third-order valence-electron chi connectivity index (χ3n) is 2.08. The van der Waals surface area contributed by atoms with E-state index in [4.69, 9.17) is 4.52 Å². The molecule has 1 N–H and O–H groups in total. The number of aromatic nitrogens is 1. The Bertz CT molecular complexity index is 477. The van der Waals surface area contributed by atoms with E-state index in [1.807, 2.05) is 30.3 Å². The number of rotatable bonds is 3. The molecule has 0 saturated heterocycles. The second kappa shape index (κ2) is 4.61. The minimum absolute atomic E-state index is 0.0977. The fourth-order valence-corrected chi connectivity index (χ4v) is 1.39. The van der Waals surface area contributed by atoms with Gasteiger partial charge >= 0.3 is 0 Å². The van der Waals surface area contributed by atoms with Gasteiger partial charge in [0, 0.05) is 11.8 Å². The predicted molar refractivity (Wildman–Crippen MR) is 60.0 cm³/mol. The van der Waals surface area contributed by atoms with Gasteiger partial charge in [0.2, 0.25) is 5.91 Å². The van der Waals surface area contributed by atoms with Crippen LogP contribution in [0.2, 0.25) is 0 Å². The molecule has 0 fully saturated rings. The van der Waals surface area contributed by atoms with Crippen LogP contribution < -0.4 is 5.32 Å². The summed E-state index contributed by atoms with van der Waals surface area (Å²) in [5, 5.41) is 6.54. The van der Waals surface area contributed by atoms with Crippen molar-refractivity contribution in [3.63, 3.8) is 0 Å². The van der Waals surface area contributed by atoms with Crippen molar-refractivity contribution in [1.29, 1.82) is 0 Å². The quantitative estimate of drug-likeness (QED) is 0.855. The standard InChI is InChI=1S/C12H12N2O2/c1-9-7-11(14-16-9)8-12(15)13-10-5-3-2-4-6-10/h2-7H,8H2,1H3,(H,13,15). The Morgan fingerprint density at radius 1 is 1.38 bits per heavy atom. The van der Waals surface area contributed by atoms with Crippen LogP contribution in [0.4, 0.5) is 5.69 Å². The van der Waals surface area contributed by atoms with Gasteiger partial charge in [0.15, 0.2) is 0 Å². The number of carbonyl (C=O) groups excluding carboxylic acids is 1. The molecular weight excluding hydrogens is 204 g/mol. The summed E-state index contributed by atoms with van der Waals surface area (Å²) >= 11 is 0. The van der Waals surface area contributed by atoms with Gasteiger partial charge in [0.25, 0.3) is 0 Å². The maximum Gasteiger partial charge on any atom is 0.230 e. The zero-order chi connectivity index (χ0) is 11.4. The van der Waals surface area contributed by atoms with Crippen LogP contribution in [-0.2, 0) is 11.2 Å². The number of carbonyl (C=O) groups is 1. The molecule has 2 aromatic rings. The second-order valence-corrected chi connectivity index (χ2v) is 3.52. The molecule has 1 amide bonds. The highest BCUT2D eigenvalue weighted by Crippen LogP contribution is 2.07. The molecule has 1 aromatic carbocycles. The van der Waals surface area contributed by atoms with Crippen molar-refractivity contribution < 1.29 is 9.32 Å². The average molecular weight is 216 g/mol. The van der Waals surface area contributed by atoms with Crippen LogP contribution in [0.25, 0.3) is 0 Å². The molecule has 0 saturated carbocycles. The SMILES string of the molecule is Cc1cc(CC(=O)Nc2ccccc2)no1. The van der Waals surface area contributed by atoms with Crippen molar-refractivity contribution in [3.8, 4) is 0 Å². The lowest BCUT2D eigenvalue weighted by Gasteiger charge is -2.02. The average Bonchev–Trinajstić information content (AvgIpc) is 2.65. The number of hydrogen-bond donors (Lipinski definition) is 1. The number of nitrogens with zero attached hydrogens (tertiary/aromatic N) is 1. The first-order chi connectivity index (χ1) is 7.74. The smallest absolute Gasteiger partial charge is 0.230 e. The maximum absolute atomic E-state index is 11.6. The molecule has 0 unspecified atom stereocenters. The molecule has 0 aliphatic carbocycles. The monoisotopic (exact) mass is 216 g/mol. The lowest BCUT2D eigenvalue weighted by molar-refractivity contribution is -0.115. The van der Waals surface area contributed by atoms with E-state index in [2.05, 4.69) is 10.5 Å². The van der Waals surface area contributed by atoms with E-state index in [0.29, 0.717) is 11.5 Å². The van der Waals surface area contributed by atoms with Crippen LogP contribution in [0.5, 0.6) is 0 Å². The Labute approximate surface area is 93.3 Å². The fraction of sp³-hybridized carbons (Fsp3) is 0.167. The zero-order valence-corrected chi connectivity index (χ0v) is 8.93. The highest BCUT2D eigenvalue weighted by atomic mass is 16.5. The van der Waals surface area contributed by atoms with Gasteiger partial charge in [0.05, 0.1) is 12.1 Å². The maximum atomic E-state index is 11.6. The Morgan fingerprint density at radius 3 is 2.75 bits per heavy atom. The van der Waals surface area contributed by atoms with Crippen LogP contribution in [0.3, 0.4) is 0 Å². The van der Waals surface area contributed by atoms with E-state index >= 15 is 0 Å². The number of anilines is 1. The molecule has 2 rings (SSSR count). The molecule has 4 nitrogen and oxygen atoms in total. The van der Waals surface area contributed by atoms with E-state index in [-0.39, 0.29) is 12.3 Å². The zero-order valence-electron chi connectivity index (χ0n) is 8.93. The largest absolute Gasteiger partial charge is 0.361 e. The minimum atomic E-state index is -0.0977. The number of benzene rings is 1. The van der Waals surface area contributed by atoms with Gasteiger partial charge in [-0.25, -0.2) is 0 Å². The topological polar surface area (TPSA) is 55.1 Å². The minimum Gasteiger partial charge on any atom is -0.361 e. The number of para-hydroxylation sites is 1. The molecule has 0 aliphatic heterocycles. The highest BCUT2D eigenvalue weighted by Gasteiger charge is 2.07. The summed E-state index contributed by atoms with van der Waals surface area (Å²) in [6, 6.07) is 11.1. The van der Waals surface area contributed by atoms with E-state index in [1.165, 1.54) is 0 Å². The molecule has 82 valence electrons. The Kier molecular flexibility index (Phi) is 3.00. The van der Waals surface area contributed by atoms with Crippen LogP contribution >= 0.6 is 0 Å². The Hall–Kier alpha value is -2.10. The van der Waals surface area contributed by atoms with Gasteiger partial charge in [-0.1, -0.05) is 23.4 Å². The van der Waals surface area contributed by atoms with E-state index in [9.17, 15) is 4.79 Å². The molecule has 16 heavy (non-hydrogen) atoms. The molecule has 1 aromatic heterocycles. The first-order valence-corrected chi connectivity index (χ1v) is 5.01. The summed E-state index contributed by atoms with van der Waals surface area (Å²) in [6.07, 6.45) is 0.228. The van der Waals surface area contributed by atoms with Crippen LogP contribution in [0, 0.1) is 6.92 Å². The van der Waals surface area contributed by atoms with Gasteiger partial charge in [-0.2, -0.15) is 0 Å². The first-order valence-electron chi connectivity index (χ1n) is 5.01. The summed E-state index contributed by atoms with van der Waals surface area (Å²) < 4.78 is 4.89. The van der Waals surface area contributed by atoms with Crippen molar-refractivity contribution in [2.75, 3.05) is 5.32 Å². The molecule has 0 aliphatic rings. The number of nitrogens with one attached hydrogen (secondary N) is 1. The molecule has 0 radical (unpaired) electrons. The van der Waals surface area contributed by atoms with Crippen molar-refractivity contribution in [1.82, 2.24) is 5.16 Å². The van der Waals surface area contributed by atoms with Crippen molar-refractivity contribution in [3.05, 3.63) is 47.9 Å². The predicted octanol–water partition coefficient (Wildman–Crippen LogP) is 2.16. The lowest BCUT2D eigenvalue weighted by atomic mass is 10.2. The molecule has 1 heterocycles. The van der Waals surface area contributed by atoms with Crippen molar-refractivity contribution in [2.24, 2.45) is 0 Å². The lowest BCUT2D eigenvalue weighted by Crippen LogP contribution is -2.14. The summed E-state index contributed by atoms with van der Waals surface area (Å²) in [5.41, 5.74) is 1.43. The van der Waals surface area contributed by atoms with Gasteiger partial charge in [-0.3, -0.25) is 4.79 Å². The van der Waals surface area contributed by atoms with Crippen molar-refractivity contribution >= 4 is 11.6 Å². The molecular formula is C12H12N2O2. The van der Waals surface area contributed by atoms with E-state index < -0.39 is 0 Å². The Morgan fingerprint density at radius 2 is 2.12 bits per heavy atom. The van der Waals surface area contributed by atoms with E-state index in [0.717, 1.165) is 5.69 Å². The second-order valence-electron chi connectivity index (χ2n) is 3.52. The number of hydrogen-bond acceptors (Lipinski definition) is 3. The third-order valence-corrected chi connectivity index (χ3v) is 2.08. The summed E-state index contributed by atoms with van der Waals surface area (Å²) in [4.78, 5) is 11.6. The van der Waals surface area contributed by atoms with E-state index in [1.54, 1.807) is 13.0 Å². The van der Waals surface area contributed by atoms with Crippen molar-refractivity contribution in [2.45, 2.75) is 13.3 Å². The highest BCUT2D eigenvalue weighted by molar-refractivity contribution is 5.91. The molecule has 0 bridgehead atoms. The molecule has 0 spiro atoms. The van der Waals surface area contributed by atoms with Crippen LogP contribution in [0.15, 0.2) is 40.9 Å². The van der Waals surface area contributed by atoms with Gasteiger partial charge in [-0.15, -0.1) is 0 Å². The third kappa shape index (κ3) is 2.70. The summed E-state index contributed by atoms with van der Waals surface area (Å²) in [5.74, 6) is 0.613. The Balaban J connectivity index is 1.95. The first kappa shape index (κ1) is 10.4. The van der Waals surface area contributed by atoms with Gasteiger partial charge < -0.3 is 9.84 Å². The molecule has 4 heteroatoms. The number of aryl methyl sites for hydroxylation is 1. The van der Waals surface area contributed by atoms with Gasteiger partial charge in [0.1, 0.15) is 5.76 Å². The fourth-order valence-electron chi connectivity index (χ4n) is 1.39.